The van der Waals surface area contributed by atoms with Gasteiger partial charge in [0.25, 0.3) is 5.91 Å². The van der Waals surface area contributed by atoms with Crippen molar-refractivity contribution >= 4 is 57.6 Å². The maximum absolute atomic E-state index is 14.9. The van der Waals surface area contributed by atoms with E-state index < -0.39 is 17.7 Å². The molecule has 0 unspecified atom stereocenters. The lowest BCUT2D eigenvalue weighted by Gasteiger charge is -2.08. The Balaban J connectivity index is 1.78. The van der Waals surface area contributed by atoms with E-state index in [1.165, 1.54) is 25.1 Å². The third-order valence-electron chi connectivity index (χ3n) is 4.72. The number of carboxylic acid groups (broad SMARTS) is 1. The molecule has 3 aromatic rings. The first-order valence-electron chi connectivity index (χ1n) is 10.2. The number of carboxylic acids is 1. The zero-order valence-corrected chi connectivity index (χ0v) is 20.7. The third kappa shape index (κ3) is 6.21. The summed E-state index contributed by atoms with van der Waals surface area (Å²) >= 11 is 13.6. The number of carbonyl (C=O) groups is 2. The summed E-state index contributed by atoms with van der Waals surface area (Å²) in [6.45, 7) is 4.10. The molecule has 2 aromatic carbocycles. The molecule has 1 aromatic heterocycles. The molecule has 10 heteroatoms. The highest BCUT2D eigenvalue weighted by atomic mass is 35.5. The number of aromatic nitrogens is 1. The molecule has 0 aliphatic heterocycles. The van der Waals surface area contributed by atoms with Gasteiger partial charge in [-0.15, -0.1) is 11.3 Å². The molecule has 1 heterocycles. The van der Waals surface area contributed by atoms with Crippen molar-refractivity contribution in [1.82, 2.24) is 4.98 Å². The second kappa shape index (κ2) is 11.6. The first-order chi connectivity index (χ1) is 16.2. The van der Waals surface area contributed by atoms with Crippen molar-refractivity contribution in [3.05, 3.63) is 73.8 Å². The molecule has 0 aliphatic carbocycles. The molecule has 3 rings (SSSR count). The summed E-state index contributed by atoms with van der Waals surface area (Å²) in [5.74, 6) is -2.04. The van der Waals surface area contributed by atoms with Crippen LogP contribution in [0.1, 0.15) is 41.8 Å². The number of aliphatic carboxylic acids is 1. The van der Waals surface area contributed by atoms with Gasteiger partial charge in [-0.25, -0.2) is 14.2 Å². The van der Waals surface area contributed by atoms with Crippen molar-refractivity contribution in [2.75, 3.05) is 11.9 Å². The van der Waals surface area contributed by atoms with Gasteiger partial charge in [-0.3, -0.25) is 10.1 Å². The monoisotopic (exact) mass is 522 g/mol. The zero-order chi connectivity index (χ0) is 24.8. The van der Waals surface area contributed by atoms with Gasteiger partial charge in [0.1, 0.15) is 5.82 Å². The Morgan fingerprint density at radius 2 is 1.97 bits per heavy atom. The van der Waals surface area contributed by atoms with Gasteiger partial charge in [-0.2, -0.15) is 0 Å². The average molecular weight is 523 g/mol. The van der Waals surface area contributed by atoms with E-state index in [0.29, 0.717) is 29.0 Å². The molecular formula is C24H21Cl2FN2O4S. The van der Waals surface area contributed by atoms with Crippen LogP contribution in [0.5, 0.6) is 0 Å². The molecular weight excluding hydrogens is 502 g/mol. The fourth-order valence-corrected chi connectivity index (χ4v) is 4.27. The number of nitrogens with one attached hydrogen (secondary N) is 1. The summed E-state index contributed by atoms with van der Waals surface area (Å²) in [6, 6.07) is 7.78. The number of rotatable bonds is 9. The van der Waals surface area contributed by atoms with Crippen LogP contribution in [0.15, 0.2) is 41.3 Å². The van der Waals surface area contributed by atoms with Gasteiger partial charge in [0, 0.05) is 39.8 Å². The third-order valence-corrected chi connectivity index (χ3v) is 6.11. The number of hydrogen-bond acceptors (Lipinski definition) is 5. The molecule has 0 aliphatic rings. The molecule has 0 fully saturated rings. The lowest BCUT2D eigenvalue weighted by Crippen LogP contribution is -2.12. The second-order valence-corrected chi connectivity index (χ2v) is 8.98. The van der Waals surface area contributed by atoms with E-state index in [9.17, 15) is 14.0 Å². The standard InChI is InChI=1S/C24H21Cl2FN2O4S/c1-3-7-33-11-14-5-4-6-16(21(14)27)20-12-34-24(28-20)29-22(30)15-9-18(25)17(19(26)10-15)8-13(2)23(31)32/h4-6,8-10,12H,3,7,11H2,1-2H3,(H,31,32)(H,28,29,30)/b13-8+. The van der Waals surface area contributed by atoms with E-state index in [0.717, 1.165) is 17.8 Å². The van der Waals surface area contributed by atoms with Gasteiger partial charge in [0.2, 0.25) is 0 Å². The summed E-state index contributed by atoms with van der Waals surface area (Å²) in [4.78, 5) is 28.1. The predicted octanol–water partition coefficient (Wildman–Crippen LogP) is 6.92. The number of thiazole rings is 1. The van der Waals surface area contributed by atoms with Crippen molar-refractivity contribution < 1.29 is 23.8 Å². The quantitative estimate of drug-likeness (QED) is 0.235. The highest BCUT2D eigenvalue weighted by Gasteiger charge is 2.17. The van der Waals surface area contributed by atoms with Crippen LogP contribution in [0.2, 0.25) is 10.0 Å². The van der Waals surface area contributed by atoms with Crippen LogP contribution in [-0.2, 0) is 16.1 Å². The summed E-state index contributed by atoms with van der Waals surface area (Å²) in [5, 5.41) is 13.9. The number of benzene rings is 2. The Morgan fingerprint density at radius 1 is 1.26 bits per heavy atom. The maximum Gasteiger partial charge on any atom is 0.331 e. The Kier molecular flexibility index (Phi) is 8.79. The van der Waals surface area contributed by atoms with Crippen molar-refractivity contribution in [2.24, 2.45) is 0 Å². The van der Waals surface area contributed by atoms with E-state index in [1.807, 2.05) is 6.92 Å². The average Bonchev–Trinajstić information content (AvgIpc) is 3.25. The van der Waals surface area contributed by atoms with Crippen molar-refractivity contribution in [1.29, 1.82) is 0 Å². The normalized spacial score (nSPS) is 11.5. The lowest BCUT2D eigenvalue weighted by atomic mass is 10.1. The molecule has 0 bridgehead atoms. The number of halogens is 3. The first-order valence-corrected chi connectivity index (χ1v) is 11.9. The number of amides is 1. The number of carbonyl (C=O) groups excluding carboxylic acids is 1. The van der Waals surface area contributed by atoms with Crippen LogP contribution >= 0.6 is 34.5 Å². The van der Waals surface area contributed by atoms with Crippen LogP contribution < -0.4 is 5.32 Å². The van der Waals surface area contributed by atoms with Crippen LogP contribution in [0.25, 0.3) is 17.3 Å². The summed E-state index contributed by atoms with van der Waals surface area (Å²) in [5.41, 5.74) is 1.64. The zero-order valence-electron chi connectivity index (χ0n) is 18.3. The maximum atomic E-state index is 14.9. The smallest absolute Gasteiger partial charge is 0.331 e. The Labute approximate surface area is 210 Å². The minimum Gasteiger partial charge on any atom is -0.478 e. The molecule has 6 nitrogen and oxygen atoms in total. The second-order valence-electron chi connectivity index (χ2n) is 7.31. The highest BCUT2D eigenvalue weighted by Crippen LogP contribution is 2.31. The van der Waals surface area contributed by atoms with Crippen molar-refractivity contribution in [3.63, 3.8) is 0 Å². The van der Waals surface area contributed by atoms with Crippen molar-refractivity contribution in [3.8, 4) is 11.3 Å². The van der Waals surface area contributed by atoms with Crippen LogP contribution in [0.3, 0.4) is 0 Å². The van der Waals surface area contributed by atoms with Gasteiger partial charge < -0.3 is 9.84 Å². The van der Waals surface area contributed by atoms with Gasteiger partial charge in [-0.1, -0.05) is 42.3 Å². The van der Waals surface area contributed by atoms with Crippen LogP contribution in [-0.4, -0.2) is 28.6 Å². The predicted molar refractivity (Wildman–Crippen MR) is 133 cm³/mol. The molecule has 2 N–H and O–H groups in total. The number of anilines is 1. The minimum atomic E-state index is -1.11. The van der Waals surface area contributed by atoms with Crippen LogP contribution in [0, 0.1) is 5.82 Å². The molecule has 178 valence electrons. The fourth-order valence-electron chi connectivity index (χ4n) is 2.97. The Bertz CT molecular complexity index is 1240. The first kappa shape index (κ1) is 25.8. The molecule has 0 atom stereocenters. The lowest BCUT2D eigenvalue weighted by molar-refractivity contribution is -0.132. The molecule has 0 saturated heterocycles. The largest absolute Gasteiger partial charge is 0.478 e. The topological polar surface area (TPSA) is 88.5 Å². The van der Waals surface area contributed by atoms with Gasteiger partial charge in [0.05, 0.1) is 22.3 Å². The summed E-state index contributed by atoms with van der Waals surface area (Å²) in [7, 11) is 0. The molecule has 0 radical (unpaired) electrons. The molecule has 0 spiro atoms. The van der Waals surface area contributed by atoms with Crippen molar-refractivity contribution in [2.45, 2.75) is 26.9 Å². The summed E-state index contributed by atoms with van der Waals surface area (Å²) in [6.07, 6.45) is 2.17. The SMILES string of the molecule is CCCOCc1cccc(-c2csc(NC(=O)c3cc(Cl)c(/C=C(\C)C(=O)O)c(Cl)c3)n2)c1F. The Morgan fingerprint density at radius 3 is 2.62 bits per heavy atom. The highest BCUT2D eigenvalue weighted by molar-refractivity contribution is 7.14. The number of ether oxygens (including phenoxy) is 1. The number of nitrogens with zero attached hydrogens (tertiary/aromatic N) is 1. The van der Waals surface area contributed by atoms with E-state index >= 15 is 0 Å². The molecule has 1 amide bonds. The van der Waals surface area contributed by atoms with E-state index in [2.05, 4.69) is 10.3 Å². The minimum absolute atomic E-state index is 0.0459. The van der Waals surface area contributed by atoms with Crippen LogP contribution in [0.4, 0.5) is 9.52 Å². The van der Waals surface area contributed by atoms with E-state index in [4.69, 9.17) is 33.0 Å². The van der Waals surface area contributed by atoms with E-state index in [1.54, 1.807) is 23.6 Å². The molecule has 0 saturated carbocycles. The fraction of sp³-hybridized carbons (Fsp3) is 0.208. The Hall–Kier alpha value is -2.78. The van der Waals surface area contributed by atoms with Gasteiger partial charge >= 0.3 is 5.97 Å². The van der Waals surface area contributed by atoms with Gasteiger partial charge in [-0.05, 0) is 37.6 Å². The summed E-state index contributed by atoms with van der Waals surface area (Å²) < 4.78 is 20.4. The number of hydrogen-bond donors (Lipinski definition) is 2. The van der Waals surface area contributed by atoms with E-state index in [-0.39, 0.29) is 32.9 Å². The molecule has 34 heavy (non-hydrogen) atoms. The van der Waals surface area contributed by atoms with Gasteiger partial charge in [0.15, 0.2) is 5.13 Å².